The van der Waals surface area contributed by atoms with Crippen LogP contribution in [0.4, 0.5) is 0 Å². The van der Waals surface area contributed by atoms with Crippen LogP contribution in [0.2, 0.25) is 0 Å². The van der Waals surface area contributed by atoms with E-state index in [-0.39, 0.29) is 0 Å². The molecule has 0 saturated carbocycles. The molecule has 0 aliphatic carbocycles. The summed E-state index contributed by atoms with van der Waals surface area (Å²) in [6, 6.07) is 15.9. The van der Waals surface area contributed by atoms with E-state index in [1.54, 1.807) is 0 Å². The van der Waals surface area contributed by atoms with Gasteiger partial charge in [0.05, 0.1) is 17.6 Å². The molecule has 23 heavy (non-hydrogen) atoms. The molecule has 4 heteroatoms. The topological polar surface area (TPSA) is 47.3 Å². The summed E-state index contributed by atoms with van der Waals surface area (Å²) in [4.78, 5) is 4.58. The minimum absolute atomic E-state index is 0.536. The molecule has 3 aromatic rings. The SMILES string of the molecule is CCC(O)c1nc2ccccc2n1CCOc1ccccc1C. The maximum atomic E-state index is 10.2. The van der Waals surface area contributed by atoms with Crippen molar-refractivity contribution in [3.63, 3.8) is 0 Å². The highest BCUT2D eigenvalue weighted by Gasteiger charge is 2.16. The van der Waals surface area contributed by atoms with Crippen molar-refractivity contribution < 1.29 is 9.84 Å². The van der Waals surface area contributed by atoms with Gasteiger partial charge in [0, 0.05) is 0 Å². The number of fused-ring (bicyclic) bond motifs is 1. The zero-order valence-electron chi connectivity index (χ0n) is 13.6. The first-order valence-electron chi connectivity index (χ1n) is 8.02. The fourth-order valence-corrected chi connectivity index (χ4v) is 2.73. The van der Waals surface area contributed by atoms with E-state index in [1.807, 2.05) is 62.4 Å². The maximum absolute atomic E-state index is 10.2. The van der Waals surface area contributed by atoms with Crippen molar-refractivity contribution >= 4 is 11.0 Å². The van der Waals surface area contributed by atoms with E-state index >= 15 is 0 Å². The van der Waals surface area contributed by atoms with Crippen molar-refractivity contribution in [3.8, 4) is 5.75 Å². The Balaban J connectivity index is 1.82. The van der Waals surface area contributed by atoms with Crippen molar-refractivity contribution in [3.05, 3.63) is 59.9 Å². The third-order valence-electron chi connectivity index (χ3n) is 4.03. The molecule has 1 N–H and O–H groups in total. The van der Waals surface area contributed by atoms with Crippen LogP contribution < -0.4 is 4.74 Å². The highest BCUT2D eigenvalue weighted by molar-refractivity contribution is 5.76. The van der Waals surface area contributed by atoms with E-state index in [9.17, 15) is 5.11 Å². The minimum Gasteiger partial charge on any atom is -0.491 e. The Morgan fingerprint density at radius 2 is 1.87 bits per heavy atom. The summed E-state index contributed by atoms with van der Waals surface area (Å²) in [6.45, 7) is 5.18. The molecule has 0 amide bonds. The molecule has 1 aromatic heterocycles. The average Bonchev–Trinajstić information content (AvgIpc) is 2.95. The van der Waals surface area contributed by atoms with Crippen LogP contribution in [-0.2, 0) is 6.54 Å². The normalized spacial score (nSPS) is 12.5. The van der Waals surface area contributed by atoms with Gasteiger partial charge in [0.1, 0.15) is 24.3 Å². The average molecular weight is 310 g/mol. The Kier molecular flexibility index (Phi) is 4.63. The molecule has 1 heterocycles. The van der Waals surface area contributed by atoms with Gasteiger partial charge in [-0.3, -0.25) is 0 Å². The second-order valence-electron chi connectivity index (χ2n) is 5.65. The number of aryl methyl sites for hydroxylation is 1. The lowest BCUT2D eigenvalue weighted by molar-refractivity contribution is 0.157. The van der Waals surface area contributed by atoms with Gasteiger partial charge in [-0.15, -0.1) is 0 Å². The highest BCUT2D eigenvalue weighted by atomic mass is 16.5. The van der Waals surface area contributed by atoms with Crippen molar-refractivity contribution in [1.29, 1.82) is 0 Å². The van der Waals surface area contributed by atoms with Crippen LogP contribution in [-0.4, -0.2) is 21.3 Å². The number of nitrogens with zero attached hydrogens (tertiary/aromatic N) is 2. The number of rotatable bonds is 6. The smallest absolute Gasteiger partial charge is 0.138 e. The lowest BCUT2D eigenvalue weighted by Crippen LogP contribution is -2.14. The van der Waals surface area contributed by atoms with E-state index in [0.717, 1.165) is 22.3 Å². The third kappa shape index (κ3) is 3.22. The van der Waals surface area contributed by atoms with Gasteiger partial charge < -0.3 is 14.4 Å². The number of aliphatic hydroxyl groups excluding tert-OH is 1. The fourth-order valence-electron chi connectivity index (χ4n) is 2.73. The number of ether oxygens (including phenoxy) is 1. The molecule has 1 unspecified atom stereocenters. The van der Waals surface area contributed by atoms with Crippen LogP contribution in [0.1, 0.15) is 30.8 Å². The first-order valence-corrected chi connectivity index (χ1v) is 8.02. The summed E-state index contributed by atoms with van der Waals surface area (Å²) in [7, 11) is 0. The first kappa shape index (κ1) is 15.6. The molecule has 3 rings (SSSR count). The van der Waals surface area contributed by atoms with Gasteiger partial charge in [-0.2, -0.15) is 0 Å². The summed E-state index contributed by atoms with van der Waals surface area (Å²) < 4.78 is 7.95. The van der Waals surface area contributed by atoms with Gasteiger partial charge >= 0.3 is 0 Å². The molecule has 0 saturated heterocycles. The molecule has 0 spiro atoms. The van der Waals surface area contributed by atoms with Crippen LogP contribution >= 0.6 is 0 Å². The number of hydrogen-bond acceptors (Lipinski definition) is 3. The Morgan fingerprint density at radius 3 is 2.65 bits per heavy atom. The number of imidazole rings is 1. The Bertz CT molecular complexity index is 795. The molecule has 1 atom stereocenters. The van der Waals surface area contributed by atoms with Gasteiger partial charge in [0.25, 0.3) is 0 Å². The quantitative estimate of drug-likeness (QED) is 0.752. The number of benzene rings is 2. The number of hydrogen-bond donors (Lipinski definition) is 1. The molecule has 0 bridgehead atoms. The Labute approximate surface area is 136 Å². The maximum Gasteiger partial charge on any atom is 0.138 e. The highest BCUT2D eigenvalue weighted by Crippen LogP contribution is 2.23. The van der Waals surface area contributed by atoms with Gasteiger partial charge in [-0.25, -0.2) is 4.98 Å². The van der Waals surface area contributed by atoms with E-state index in [1.165, 1.54) is 0 Å². The lowest BCUT2D eigenvalue weighted by atomic mass is 10.2. The number of aliphatic hydroxyl groups is 1. The monoisotopic (exact) mass is 310 g/mol. The molecular formula is C19H22N2O2. The second kappa shape index (κ2) is 6.84. The van der Waals surface area contributed by atoms with Crippen molar-refractivity contribution in [2.75, 3.05) is 6.61 Å². The van der Waals surface area contributed by atoms with Crippen LogP contribution in [0.25, 0.3) is 11.0 Å². The molecular weight excluding hydrogens is 288 g/mol. The number of aromatic nitrogens is 2. The fraction of sp³-hybridized carbons (Fsp3) is 0.316. The standard InChI is InChI=1S/C19H22N2O2/c1-3-17(22)19-20-15-9-5-6-10-16(15)21(19)12-13-23-18-11-7-4-8-14(18)2/h4-11,17,22H,3,12-13H2,1-2H3. The molecule has 0 fully saturated rings. The van der Waals surface area contributed by atoms with Crippen molar-refractivity contribution in [1.82, 2.24) is 9.55 Å². The lowest BCUT2D eigenvalue weighted by Gasteiger charge is -2.14. The van der Waals surface area contributed by atoms with E-state index in [2.05, 4.69) is 9.55 Å². The van der Waals surface area contributed by atoms with Crippen LogP contribution in [0.15, 0.2) is 48.5 Å². The van der Waals surface area contributed by atoms with E-state index in [4.69, 9.17) is 4.74 Å². The molecule has 0 radical (unpaired) electrons. The predicted octanol–water partition coefficient (Wildman–Crippen LogP) is 3.87. The van der Waals surface area contributed by atoms with E-state index < -0.39 is 6.10 Å². The van der Waals surface area contributed by atoms with Gasteiger partial charge in [-0.1, -0.05) is 37.3 Å². The van der Waals surface area contributed by atoms with Crippen molar-refractivity contribution in [2.45, 2.75) is 32.9 Å². The Morgan fingerprint density at radius 1 is 1.13 bits per heavy atom. The molecule has 4 nitrogen and oxygen atoms in total. The minimum atomic E-state index is -0.555. The molecule has 2 aromatic carbocycles. The summed E-state index contributed by atoms with van der Waals surface area (Å²) >= 11 is 0. The summed E-state index contributed by atoms with van der Waals surface area (Å²) in [5.74, 6) is 1.61. The first-order chi connectivity index (χ1) is 11.2. The van der Waals surface area contributed by atoms with Crippen molar-refractivity contribution in [2.24, 2.45) is 0 Å². The molecule has 0 aliphatic heterocycles. The van der Waals surface area contributed by atoms with Crippen LogP contribution in [0.5, 0.6) is 5.75 Å². The summed E-state index contributed by atoms with van der Waals surface area (Å²) in [5, 5.41) is 10.2. The second-order valence-corrected chi connectivity index (χ2v) is 5.65. The Hall–Kier alpha value is -2.33. The van der Waals surface area contributed by atoms with Gasteiger partial charge in [-0.05, 0) is 37.1 Å². The summed E-state index contributed by atoms with van der Waals surface area (Å²) in [6.07, 6.45) is 0.0861. The third-order valence-corrected chi connectivity index (χ3v) is 4.03. The molecule has 0 aliphatic rings. The number of para-hydroxylation sites is 3. The summed E-state index contributed by atoms with van der Waals surface area (Å²) in [5.41, 5.74) is 3.06. The molecule has 120 valence electrons. The largest absolute Gasteiger partial charge is 0.491 e. The van der Waals surface area contributed by atoms with Gasteiger partial charge in [0.15, 0.2) is 0 Å². The zero-order valence-corrected chi connectivity index (χ0v) is 13.6. The predicted molar refractivity (Wildman–Crippen MR) is 91.7 cm³/mol. The van der Waals surface area contributed by atoms with E-state index in [0.29, 0.717) is 25.4 Å². The van der Waals surface area contributed by atoms with Crippen LogP contribution in [0, 0.1) is 6.92 Å². The zero-order chi connectivity index (χ0) is 16.2. The van der Waals surface area contributed by atoms with Crippen LogP contribution in [0.3, 0.4) is 0 Å². The van der Waals surface area contributed by atoms with Gasteiger partial charge in [0.2, 0.25) is 0 Å².